The maximum Gasteiger partial charge on any atom is 0.320 e. The van der Waals surface area contributed by atoms with Crippen LogP contribution in [-0.2, 0) is 9.53 Å². The van der Waals surface area contributed by atoms with Gasteiger partial charge in [0.05, 0.1) is 12.7 Å². The molecule has 0 aliphatic carbocycles. The van der Waals surface area contributed by atoms with Crippen molar-refractivity contribution in [2.45, 2.75) is 51.8 Å². The minimum atomic E-state index is -0.760. The van der Waals surface area contributed by atoms with E-state index < -0.39 is 12.0 Å². The molecule has 0 amide bonds. The maximum atomic E-state index is 11.1. The molecular formula is C13H26N2O3. The van der Waals surface area contributed by atoms with Crippen LogP contribution in [-0.4, -0.2) is 60.4 Å². The summed E-state index contributed by atoms with van der Waals surface area (Å²) in [6.07, 6.45) is 1.97. The van der Waals surface area contributed by atoms with E-state index in [1.807, 2.05) is 13.8 Å². The van der Waals surface area contributed by atoms with Crippen LogP contribution in [0.3, 0.4) is 0 Å². The zero-order valence-electron chi connectivity index (χ0n) is 11.7. The molecule has 0 bridgehead atoms. The summed E-state index contributed by atoms with van der Waals surface area (Å²) in [5.41, 5.74) is 0. The summed E-state index contributed by atoms with van der Waals surface area (Å²) < 4.78 is 5.60. The van der Waals surface area contributed by atoms with Gasteiger partial charge in [-0.15, -0.1) is 0 Å². The average Bonchev–Trinajstić information content (AvgIpc) is 2.34. The van der Waals surface area contributed by atoms with Crippen molar-refractivity contribution in [2.75, 3.05) is 26.2 Å². The van der Waals surface area contributed by atoms with Crippen molar-refractivity contribution in [3.63, 3.8) is 0 Å². The lowest BCUT2D eigenvalue weighted by molar-refractivity contribution is -0.140. The van der Waals surface area contributed by atoms with Gasteiger partial charge in [-0.25, -0.2) is 0 Å². The van der Waals surface area contributed by atoms with E-state index in [1.54, 1.807) is 0 Å². The van der Waals surface area contributed by atoms with E-state index in [9.17, 15) is 4.79 Å². The van der Waals surface area contributed by atoms with Crippen LogP contribution in [0, 0.1) is 0 Å². The van der Waals surface area contributed by atoms with Crippen LogP contribution in [0.1, 0.15) is 33.6 Å². The minimum Gasteiger partial charge on any atom is -0.480 e. The molecule has 0 radical (unpaired) electrons. The van der Waals surface area contributed by atoms with Gasteiger partial charge in [0.1, 0.15) is 6.04 Å². The number of carbonyl (C=O) groups is 1. The summed E-state index contributed by atoms with van der Waals surface area (Å²) in [5, 5.41) is 12.2. The highest BCUT2D eigenvalue weighted by atomic mass is 16.5. The molecule has 106 valence electrons. The number of carboxylic acids is 1. The SMILES string of the molecule is CCC1CN(CCC(NC(C)C)C(=O)O)CCO1. The van der Waals surface area contributed by atoms with Gasteiger partial charge in [-0.2, -0.15) is 0 Å². The average molecular weight is 258 g/mol. The van der Waals surface area contributed by atoms with Crippen LogP contribution >= 0.6 is 0 Å². The molecule has 0 aromatic rings. The van der Waals surface area contributed by atoms with Gasteiger partial charge in [0.2, 0.25) is 0 Å². The first-order valence-corrected chi connectivity index (χ1v) is 6.85. The second-order valence-corrected chi connectivity index (χ2v) is 5.20. The van der Waals surface area contributed by atoms with Crippen molar-refractivity contribution >= 4 is 5.97 Å². The minimum absolute atomic E-state index is 0.194. The summed E-state index contributed by atoms with van der Waals surface area (Å²) >= 11 is 0. The molecule has 5 heteroatoms. The van der Waals surface area contributed by atoms with Gasteiger partial charge in [0, 0.05) is 25.7 Å². The van der Waals surface area contributed by atoms with E-state index in [1.165, 1.54) is 0 Å². The van der Waals surface area contributed by atoms with Crippen LogP contribution in [0.4, 0.5) is 0 Å². The molecule has 1 rings (SSSR count). The molecule has 1 saturated heterocycles. The second kappa shape index (κ2) is 7.71. The maximum absolute atomic E-state index is 11.1. The van der Waals surface area contributed by atoms with E-state index in [4.69, 9.17) is 9.84 Å². The molecule has 2 unspecified atom stereocenters. The molecule has 0 saturated carbocycles. The summed E-state index contributed by atoms with van der Waals surface area (Å²) in [6.45, 7) is 9.46. The number of aliphatic carboxylic acids is 1. The summed E-state index contributed by atoms with van der Waals surface area (Å²) in [7, 11) is 0. The molecule has 2 atom stereocenters. The number of hydrogen-bond donors (Lipinski definition) is 2. The monoisotopic (exact) mass is 258 g/mol. The van der Waals surface area contributed by atoms with Gasteiger partial charge in [0.15, 0.2) is 0 Å². The van der Waals surface area contributed by atoms with Gasteiger partial charge >= 0.3 is 5.97 Å². The Hall–Kier alpha value is -0.650. The Morgan fingerprint density at radius 2 is 2.28 bits per heavy atom. The Balaban J connectivity index is 2.34. The number of hydrogen-bond acceptors (Lipinski definition) is 4. The van der Waals surface area contributed by atoms with Crippen molar-refractivity contribution in [3.05, 3.63) is 0 Å². The number of nitrogens with zero attached hydrogens (tertiary/aromatic N) is 1. The lowest BCUT2D eigenvalue weighted by Crippen LogP contribution is -2.46. The van der Waals surface area contributed by atoms with Gasteiger partial charge < -0.3 is 15.2 Å². The van der Waals surface area contributed by atoms with Crippen molar-refractivity contribution in [3.8, 4) is 0 Å². The van der Waals surface area contributed by atoms with E-state index in [0.717, 1.165) is 32.7 Å². The molecule has 1 aliphatic rings. The fraction of sp³-hybridized carbons (Fsp3) is 0.923. The fourth-order valence-electron chi connectivity index (χ4n) is 2.22. The second-order valence-electron chi connectivity index (χ2n) is 5.20. The molecule has 0 aromatic carbocycles. The summed E-state index contributed by atoms with van der Waals surface area (Å²) in [6, 6.07) is -0.257. The van der Waals surface area contributed by atoms with E-state index >= 15 is 0 Å². The van der Waals surface area contributed by atoms with E-state index in [-0.39, 0.29) is 6.04 Å². The number of nitrogens with one attached hydrogen (secondary N) is 1. The van der Waals surface area contributed by atoms with Crippen molar-refractivity contribution < 1.29 is 14.6 Å². The number of rotatable bonds is 7. The topological polar surface area (TPSA) is 61.8 Å². The van der Waals surface area contributed by atoms with Gasteiger partial charge in [-0.05, 0) is 12.8 Å². The predicted octanol–water partition coefficient (Wildman–Crippen LogP) is 0.939. The van der Waals surface area contributed by atoms with Crippen LogP contribution in [0.15, 0.2) is 0 Å². The summed E-state index contributed by atoms with van der Waals surface area (Å²) in [4.78, 5) is 13.4. The van der Waals surface area contributed by atoms with Crippen molar-refractivity contribution in [2.24, 2.45) is 0 Å². The molecular weight excluding hydrogens is 232 g/mol. The third-order valence-corrected chi connectivity index (χ3v) is 3.24. The largest absolute Gasteiger partial charge is 0.480 e. The molecule has 1 heterocycles. The smallest absolute Gasteiger partial charge is 0.320 e. The van der Waals surface area contributed by atoms with Crippen LogP contribution < -0.4 is 5.32 Å². The molecule has 18 heavy (non-hydrogen) atoms. The highest BCUT2D eigenvalue weighted by Gasteiger charge is 2.22. The number of morpholine rings is 1. The van der Waals surface area contributed by atoms with Crippen LogP contribution in [0.5, 0.6) is 0 Å². The molecule has 0 aromatic heterocycles. The third-order valence-electron chi connectivity index (χ3n) is 3.24. The predicted molar refractivity (Wildman–Crippen MR) is 70.8 cm³/mol. The van der Waals surface area contributed by atoms with Crippen molar-refractivity contribution in [1.82, 2.24) is 10.2 Å². The highest BCUT2D eigenvalue weighted by Crippen LogP contribution is 2.09. The Morgan fingerprint density at radius 1 is 1.56 bits per heavy atom. The molecule has 1 aliphatic heterocycles. The number of ether oxygens (including phenoxy) is 1. The number of carboxylic acid groups (broad SMARTS) is 1. The lowest BCUT2D eigenvalue weighted by atomic mass is 10.1. The lowest BCUT2D eigenvalue weighted by Gasteiger charge is -2.33. The van der Waals surface area contributed by atoms with Crippen LogP contribution in [0.25, 0.3) is 0 Å². The van der Waals surface area contributed by atoms with E-state index in [0.29, 0.717) is 12.5 Å². The Kier molecular flexibility index (Phi) is 6.60. The molecule has 1 fully saturated rings. The Morgan fingerprint density at radius 3 is 2.83 bits per heavy atom. The van der Waals surface area contributed by atoms with Crippen molar-refractivity contribution in [1.29, 1.82) is 0 Å². The highest BCUT2D eigenvalue weighted by molar-refractivity contribution is 5.73. The fourth-order valence-corrected chi connectivity index (χ4v) is 2.22. The first kappa shape index (κ1) is 15.4. The van der Waals surface area contributed by atoms with Crippen LogP contribution in [0.2, 0.25) is 0 Å². The van der Waals surface area contributed by atoms with Gasteiger partial charge in [-0.1, -0.05) is 20.8 Å². The molecule has 0 spiro atoms. The first-order valence-electron chi connectivity index (χ1n) is 6.85. The third kappa shape index (κ3) is 5.33. The van der Waals surface area contributed by atoms with Gasteiger partial charge in [-0.3, -0.25) is 9.69 Å². The Labute approximate surface area is 109 Å². The first-order chi connectivity index (χ1) is 8.52. The zero-order chi connectivity index (χ0) is 13.5. The Bertz CT molecular complexity index is 259. The standard InChI is InChI=1S/C13H26N2O3/c1-4-11-9-15(7-8-18-11)6-5-12(13(16)17)14-10(2)3/h10-12,14H,4-9H2,1-3H3,(H,16,17). The van der Waals surface area contributed by atoms with E-state index in [2.05, 4.69) is 17.1 Å². The normalized spacial score (nSPS) is 23.2. The zero-order valence-corrected chi connectivity index (χ0v) is 11.7. The molecule has 2 N–H and O–H groups in total. The van der Waals surface area contributed by atoms with Gasteiger partial charge in [0.25, 0.3) is 0 Å². The quantitative estimate of drug-likeness (QED) is 0.711. The summed E-state index contributed by atoms with van der Waals surface area (Å²) in [5.74, 6) is -0.760. The molecule has 5 nitrogen and oxygen atoms in total.